The van der Waals surface area contributed by atoms with Crippen LogP contribution in [0.3, 0.4) is 0 Å². The van der Waals surface area contributed by atoms with Gasteiger partial charge in [-0.15, -0.1) is 62.0 Å². The molecule has 0 N–H and O–H groups in total. The molecular weight excluding hydrogens is 714 g/mol. The molecule has 0 bridgehead atoms. The van der Waals surface area contributed by atoms with Crippen molar-refractivity contribution in [2.45, 2.75) is 42.5 Å². The van der Waals surface area contributed by atoms with E-state index in [1.807, 2.05) is 12.1 Å². The Labute approximate surface area is 267 Å². The van der Waals surface area contributed by atoms with E-state index in [-0.39, 0.29) is 26.5 Å². The SMILES string of the molecule is CN1[CH-]N(c2[c-]c(Sc3[c-]cc4c(c3)c3ccccc3n4Cc3[c-]cccc3)cc(C(C)(C)C)c2)c2ccccc21.[Pt+4]. The quantitative estimate of drug-likeness (QED) is 0.163. The zero-order valence-electron chi connectivity index (χ0n) is 24.1. The summed E-state index contributed by atoms with van der Waals surface area (Å²) in [5, 5.41) is 2.50. The van der Waals surface area contributed by atoms with E-state index in [4.69, 9.17) is 0 Å². The zero-order chi connectivity index (χ0) is 28.1. The van der Waals surface area contributed by atoms with Gasteiger partial charge in [0.05, 0.1) is 0 Å². The molecule has 0 spiro atoms. The van der Waals surface area contributed by atoms with Crippen LogP contribution in [-0.4, -0.2) is 11.6 Å². The molecule has 0 radical (unpaired) electrons. The summed E-state index contributed by atoms with van der Waals surface area (Å²) in [5.74, 6) is 0. The summed E-state index contributed by atoms with van der Waals surface area (Å²) >= 11 is 1.73. The fourth-order valence-electron chi connectivity index (χ4n) is 5.62. The summed E-state index contributed by atoms with van der Waals surface area (Å²) in [4.78, 5) is 6.59. The van der Waals surface area contributed by atoms with Crippen LogP contribution in [0.15, 0.2) is 107 Å². The Morgan fingerprint density at radius 3 is 2.33 bits per heavy atom. The molecule has 5 heteroatoms. The number of rotatable bonds is 5. The van der Waals surface area contributed by atoms with Gasteiger partial charge < -0.3 is 14.4 Å². The molecule has 0 saturated carbocycles. The Morgan fingerprint density at radius 1 is 0.786 bits per heavy atom. The standard InChI is InChI=1S/C37H31N3S.Pt/c1-37(2,3)27-20-28(40-25-38(4)35-16-10-11-17-36(35)40)22-30(21-27)41-29-18-19-34-32(23-29)31-14-8-9-15-33(31)39(34)24-26-12-6-5-7-13-26;/h5-12,14-17,19-21,23,25H,24H2,1-4H3;/q-4;+4. The molecule has 1 aliphatic rings. The number of benzene rings is 5. The van der Waals surface area contributed by atoms with Gasteiger partial charge in [0.2, 0.25) is 0 Å². The second kappa shape index (κ2) is 11.3. The first-order valence-corrected chi connectivity index (χ1v) is 14.8. The van der Waals surface area contributed by atoms with Crippen LogP contribution >= 0.6 is 11.8 Å². The van der Waals surface area contributed by atoms with Crippen LogP contribution in [0.25, 0.3) is 21.8 Å². The summed E-state index contributed by atoms with van der Waals surface area (Å²) in [5.41, 5.74) is 8.28. The maximum atomic E-state index is 3.73. The Kier molecular flexibility index (Phi) is 7.72. The molecule has 1 aromatic heterocycles. The Balaban J connectivity index is 0.00000316. The van der Waals surface area contributed by atoms with Crippen LogP contribution in [0.5, 0.6) is 0 Å². The second-order valence-electron chi connectivity index (χ2n) is 11.6. The summed E-state index contributed by atoms with van der Waals surface area (Å²) in [6.07, 6.45) is 0. The van der Waals surface area contributed by atoms with Gasteiger partial charge >= 0.3 is 21.1 Å². The molecule has 1 aliphatic heterocycles. The second-order valence-corrected chi connectivity index (χ2v) is 12.7. The van der Waals surface area contributed by atoms with E-state index in [9.17, 15) is 0 Å². The largest absolute Gasteiger partial charge is 4.00 e. The van der Waals surface area contributed by atoms with Crippen LogP contribution < -0.4 is 9.80 Å². The Hall–Kier alpha value is -3.46. The van der Waals surface area contributed by atoms with Crippen molar-refractivity contribution in [3.63, 3.8) is 0 Å². The van der Waals surface area contributed by atoms with Gasteiger partial charge in [0, 0.05) is 23.4 Å². The van der Waals surface area contributed by atoms with Crippen molar-refractivity contribution >= 4 is 50.6 Å². The van der Waals surface area contributed by atoms with Gasteiger partial charge in [0.1, 0.15) is 0 Å². The van der Waals surface area contributed by atoms with Crippen LogP contribution in [0, 0.1) is 24.9 Å². The first-order chi connectivity index (χ1) is 19.8. The maximum absolute atomic E-state index is 3.73. The Morgan fingerprint density at radius 2 is 1.55 bits per heavy atom. The van der Waals surface area contributed by atoms with Gasteiger partial charge in [-0.05, 0) is 36.0 Å². The number of para-hydroxylation sites is 3. The van der Waals surface area contributed by atoms with E-state index in [0.29, 0.717) is 0 Å². The summed E-state index contributed by atoms with van der Waals surface area (Å²) in [6.45, 7) is 9.73. The van der Waals surface area contributed by atoms with E-state index in [2.05, 4.69) is 152 Å². The first kappa shape index (κ1) is 28.6. The molecule has 0 aliphatic carbocycles. The molecule has 5 aromatic carbocycles. The summed E-state index contributed by atoms with van der Waals surface area (Å²) in [6, 6.07) is 45.1. The number of fused-ring (bicyclic) bond motifs is 4. The van der Waals surface area contributed by atoms with Crippen molar-refractivity contribution < 1.29 is 21.1 Å². The maximum Gasteiger partial charge on any atom is 4.00 e. The molecule has 7 rings (SSSR count). The van der Waals surface area contributed by atoms with E-state index in [1.54, 1.807) is 11.8 Å². The number of anilines is 3. The van der Waals surface area contributed by atoms with Crippen molar-refractivity contribution in [1.29, 1.82) is 0 Å². The average molecular weight is 745 g/mol. The molecule has 42 heavy (non-hydrogen) atoms. The van der Waals surface area contributed by atoms with Crippen molar-refractivity contribution in [1.82, 2.24) is 4.57 Å². The Bertz CT molecular complexity index is 1890. The normalized spacial score (nSPS) is 13.0. The molecule has 210 valence electrons. The van der Waals surface area contributed by atoms with Crippen molar-refractivity contribution in [3.05, 3.63) is 133 Å². The molecule has 0 atom stereocenters. The van der Waals surface area contributed by atoms with Gasteiger partial charge in [0.25, 0.3) is 0 Å². The first-order valence-electron chi connectivity index (χ1n) is 14.0. The minimum Gasteiger partial charge on any atom is -0.504 e. The molecule has 6 aromatic rings. The minimum atomic E-state index is -0.000148. The summed E-state index contributed by atoms with van der Waals surface area (Å²) < 4.78 is 2.38. The van der Waals surface area contributed by atoms with Crippen LogP contribution in [0.4, 0.5) is 17.1 Å². The topological polar surface area (TPSA) is 11.4 Å². The van der Waals surface area contributed by atoms with Gasteiger partial charge in [-0.1, -0.05) is 56.6 Å². The molecule has 0 saturated heterocycles. The van der Waals surface area contributed by atoms with Gasteiger partial charge in [-0.3, -0.25) is 0 Å². The van der Waals surface area contributed by atoms with Crippen molar-refractivity contribution in [3.8, 4) is 0 Å². The predicted molar refractivity (Wildman–Crippen MR) is 172 cm³/mol. The number of nitrogens with zero attached hydrogens (tertiary/aromatic N) is 3. The number of aromatic nitrogens is 1. The fraction of sp³-hybridized carbons (Fsp3) is 0.162. The minimum absolute atomic E-state index is 0. The third-order valence-electron chi connectivity index (χ3n) is 7.77. The average Bonchev–Trinajstić information content (AvgIpc) is 3.48. The third-order valence-corrected chi connectivity index (χ3v) is 8.66. The predicted octanol–water partition coefficient (Wildman–Crippen LogP) is 9.40. The van der Waals surface area contributed by atoms with Crippen molar-refractivity contribution in [2.75, 3.05) is 16.8 Å². The van der Waals surface area contributed by atoms with Crippen LogP contribution in [0.2, 0.25) is 0 Å². The van der Waals surface area contributed by atoms with Gasteiger partial charge in [0.15, 0.2) is 0 Å². The van der Waals surface area contributed by atoms with E-state index < -0.39 is 0 Å². The van der Waals surface area contributed by atoms with Crippen molar-refractivity contribution in [2.24, 2.45) is 0 Å². The van der Waals surface area contributed by atoms with E-state index in [0.717, 1.165) is 22.0 Å². The van der Waals surface area contributed by atoms with Gasteiger partial charge in [-0.25, -0.2) is 0 Å². The molecule has 0 amide bonds. The molecule has 2 heterocycles. The fourth-order valence-corrected chi connectivity index (χ4v) is 6.49. The number of hydrogen-bond donors (Lipinski definition) is 0. The molecular formula is C37H31N3PtS. The van der Waals surface area contributed by atoms with Crippen LogP contribution in [-0.2, 0) is 33.0 Å². The third kappa shape index (κ3) is 5.27. The van der Waals surface area contributed by atoms with Gasteiger partial charge in [-0.2, -0.15) is 55.2 Å². The van der Waals surface area contributed by atoms with Crippen LogP contribution in [0.1, 0.15) is 31.9 Å². The van der Waals surface area contributed by atoms with E-state index in [1.165, 1.54) is 44.3 Å². The summed E-state index contributed by atoms with van der Waals surface area (Å²) in [7, 11) is 2.10. The smallest absolute Gasteiger partial charge is 0.504 e. The monoisotopic (exact) mass is 744 g/mol. The number of hydrogen-bond acceptors (Lipinski definition) is 3. The van der Waals surface area contributed by atoms with E-state index >= 15 is 0 Å². The zero-order valence-corrected chi connectivity index (χ0v) is 27.2. The molecule has 0 unspecified atom stereocenters. The molecule has 3 nitrogen and oxygen atoms in total. The molecule has 0 fully saturated rings.